The molecule has 0 bridgehead atoms. The van der Waals surface area contributed by atoms with Crippen molar-refractivity contribution in [2.24, 2.45) is 11.1 Å². The molecule has 0 radical (unpaired) electrons. The summed E-state index contributed by atoms with van der Waals surface area (Å²) >= 11 is 0. The minimum Gasteiger partial charge on any atom is -0.330 e. The van der Waals surface area contributed by atoms with Crippen LogP contribution >= 0.6 is 0 Å². The third-order valence-electron chi connectivity index (χ3n) is 6.37. The molecule has 35 heavy (non-hydrogen) atoms. The van der Waals surface area contributed by atoms with Crippen LogP contribution in [0.2, 0.25) is 0 Å². The number of nitrogens with one attached hydrogen (secondary N) is 1. The van der Waals surface area contributed by atoms with Gasteiger partial charge in [-0.1, -0.05) is 90.6 Å². The number of nitrogens with zero attached hydrogens (tertiary/aromatic N) is 3. The highest BCUT2D eigenvalue weighted by molar-refractivity contribution is 6.00. The van der Waals surface area contributed by atoms with E-state index in [1.165, 1.54) is 12.8 Å². The average Bonchev–Trinajstić information content (AvgIpc) is 3.37. The predicted molar refractivity (Wildman–Crippen MR) is 151 cm³/mol. The lowest BCUT2D eigenvalue weighted by molar-refractivity contribution is -0.118. The van der Waals surface area contributed by atoms with Crippen LogP contribution in [0.1, 0.15) is 68.3 Å². The zero-order chi connectivity index (χ0) is 25.1. The topological polar surface area (TPSA) is 87.9 Å². The van der Waals surface area contributed by atoms with Crippen LogP contribution in [0, 0.1) is 5.41 Å². The molecule has 0 atom stereocenters. The van der Waals surface area contributed by atoms with Crippen molar-refractivity contribution in [1.29, 1.82) is 0 Å². The number of benzene rings is 2. The summed E-state index contributed by atoms with van der Waals surface area (Å²) in [4.78, 5) is 14.5. The summed E-state index contributed by atoms with van der Waals surface area (Å²) in [6, 6.07) is 15.7. The maximum atomic E-state index is 12.7. The first-order valence-electron chi connectivity index (χ1n) is 12.2. The van der Waals surface area contributed by atoms with Crippen molar-refractivity contribution >= 4 is 11.6 Å². The van der Waals surface area contributed by atoms with E-state index < -0.39 is 0 Å². The number of hydrogen-bond donors (Lipinski definition) is 2. The lowest BCUT2D eigenvalue weighted by Crippen LogP contribution is -2.33. The zero-order valence-electron chi connectivity index (χ0n) is 21.3. The molecule has 0 unspecified atom stereocenters. The molecule has 3 aromatic rings. The van der Waals surface area contributed by atoms with E-state index in [1.54, 1.807) is 4.90 Å². The van der Waals surface area contributed by atoms with E-state index in [1.807, 2.05) is 68.5 Å². The largest absolute Gasteiger partial charge is 0.330 e. The second kappa shape index (κ2) is 14.2. The SMILES string of the molecule is C.C=CC(C)(CC)CC.CC.NCCC(=O)N1Cc2ccccc2-c2n[nH]nc2-c2ccccc21.[HH]. The molecule has 192 valence electrons. The van der Waals surface area contributed by atoms with Gasteiger partial charge in [-0.3, -0.25) is 4.79 Å². The number of carbonyl (C=O) groups excluding carboxylic acids is 1. The summed E-state index contributed by atoms with van der Waals surface area (Å²) in [6.07, 6.45) is 4.76. The van der Waals surface area contributed by atoms with E-state index >= 15 is 0 Å². The summed E-state index contributed by atoms with van der Waals surface area (Å²) < 4.78 is 0. The van der Waals surface area contributed by atoms with E-state index in [0.29, 0.717) is 24.9 Å². The Hall–Kier alpha value is -3.25. The minimum absolute atomic E-state index is 0. The third kappa shape index (κ3) is 6.89. The molecule has 1 amide bonds. The average molecular weight is 480 g/mol. The van der Waals surface area contributed by atoms with E-state index in [2.05, 4.69) is 42.8 Å². The number of fused-ring (bicyclic) bond motifs is 5. The molecular formula is C29H45N5O. The van der Waals surface area contributed by atoms with Gasteiger partial charge < -0.3 is 10.6 Å². The van der Waals surface area contributed by atoms with Crippen LogP contribution < -0.4 is 10.6 Å². The fourth-order valence-electron chi connectivity index (χ4n) is 3.68. The molecule has 6 heteroatoms. The Kier molecular flexibility index (Phi) is 12.1. The number of allylic oxidation sites excluding steroid dienone is 1. The number of carbonyl (C=O) groups is 1. The van der Waals surface area contributed by atoms with Crippen molar-refractivity contribution < 1.29 is 6.22 Å². The highest BCUT2D eigenvalue weighted by atomic mass is 16.2. The molecule has 1 aromatic heterocycles. The summed E-state index contributed by atoms with van der Waals surface area (Å²) in [5.41, 5.74) is 11.3. The third-order valence-corrected chi connectivity index (χ3v) is 6.37. The molecule has 0 spiro atoms. The van der Waals surface area contributed by atoms with E-state index in [4.69, 9.17) is 5.73 Å². The number of rotatable bonds is 5. The Labute approximate surface area is 213 Å². The molecule has 3 N–H and O–H groups in total. The van der Waals surface area contributed by atoms with Gasteiger partial charge >= 0.3 is 0 Å². The highest BCUT2D eigenvalue weighted by Crippen LogP contribution is 2.39. The smallest absolute Gasteiger partial charge is 0.228 e. The Morgan fingerprint density at radius 2 is 1.63 bits per heavy atom. The molecule has 1 aliphatic rings. The monoisotopic (exact) mass is 479 g/mol. The molecule has 0 aliphatic carbocycles. The van der Waals surface area contributed by atoms with Crippen molar-refractivity contribution in [1.82, 2.24) is 15.4 Å². The van der Waals surface area contributed by atoms with Gasteiger partial charge in [0.1, 0.15) is 11.4 Å². The lowest BCUT2D eigenvalue weighted by Gasteiger charge is -2.28. The zero-order valence-corrected chi connectivity index (χ0v) is 21.3. The van der Waals surface area contributed by atoms with E-state index in [9.17, 15) is 4.79 Å². The van der Waals surface area contributed by atoms with Gasteiger partial charge in [0.05, 0.1) is 12.2 Å². The van der Waals surface area contributed by atoms with Gasteiger partial charge in [0.2, 0.25) is 5.91 Å². The number of hydrogen-bond acceptors (Lipinski definition) is 4. The second-order valence-electron chi connectivity index (χ2n) is 8.28. The number of para-hydroxylation sites is 1. The number of H-pyrrole nitrogens is 1. The summed E-state index contributed by atoms with van der Waals surface area (Å²) in [5, 5.41) is 11.4. The first-order chi connectivity index (χ1) is 16.5. The lowest BCUT2D eigenvalue weighted by atomic mass is 9.85. The van der Waals surface area contributed by atoms with Crippen LogP contribution in [0.4, 0.5) is 5.69 Å². The molecule has 0 saturated carbocycles. The minimum atomic E-state index is 0. The van der Waals surface area contributed by atoms with Crippen LogP contribution in [-0.4, -0.2) is 27.9 Å². The number of aromatic amines is 1. The maximum Gasteiger partial charge on any atom is 0.228 e. The predicted octanol–water partition coefficient (Wildman–Crippen LogP) is 7.24. The summed E-state index contributed by atoms with van der Waals surface area (Å²) in [6.45, 7) is 15.2. The van der Waals surface area contributed by atoms with Gasteiger partial charge in [0.15, 0.2) is 0 Å². The number of nitrogens with two attached hydrogens (primary N) is 1. The Morgan fingerprint density at radius 3 is 2.17 bits per heavy atom. The van der Waals surface area contributed by atoms with Crippen molar-refractivity contribution in [3.8, 4) is 22.5 Å². The van der Waals surface area contributed by atoms with Crippen molar-refractivity contribution in [2.75, 3.05) is 11.4 Å². The van der Waals surface area contributed by atoms with Crippen molar-refractivity contribution in [3.05, 3.63) is 66.7 Å². The summed E-state index contributed by atoms with van der Waals surface area (Å²) in [5.74, 6) is 0.00620. The van der Waals surface area contributed by atoms with Crippen LogP contribution in [-0.2, 0) is 11.3 Å². The van der Waals surface area contributed by atoms with Gasteiger partial charge in [0, 0.05) is 25.5 Å². The number of anilines is 1. The number of amides is 1. The molecule has 0 fully saturated rings. The molecule has 1 aliphatic heterocycles. The number of aromatic nitrogens is 3. The van der Waals surface area contributed by atoms with Crippen LogP contribution in [0.15, 0.2) is 61.2 Å². The van der Waals surface area contributed by atoms with Gasteiger partial charge in [-0.05, 0) is 29.9 Å². The standard InChI is InChI=1S/C18H17N5O.C8H16.C2H6.CH4.H2/c19-10-9-16(24)23-11-12-5-1-2-6-13(12)17-18(21-22-20-17)14-7-3-4-8-15(14)23;1-5-8(4,6-2)7-3;1-2;;/h1-8H,9-11,19H2,(H,20,21,22);5H,1,6-7H2,2-4H3;1-2H3;1H4;1H. The fourth-order valence-corrected chi connectivity index (χ4v) is 3.68. The molecular weight excluding hydrogens is 434 g/mol. The maximum absolute atomic E-state index is 12.7. The van der Waals surface area contributed by atoms with Gasteiger partial charge in [0.25, 0.3) is 0 Å². The van der Waals surface area contributed by atoms with Crippen LogP contribution in [0.3, 0.4) is 0 Å². The molecule has 4 rings (SSSR count). The first kappa shape index (κ1) is 29.8. The van der Waals surface area contributed by atoms with E-state index in [-0.39, 0.29) is 14.8 Å². The molecule has 2 aromatic carbocycles. The molecule has 6 nitrogen and oxygen atoms in total. The van der Waals surface area contributed by atoms with Crippen molar-refractivity contribution in [3.63, 3.8) is 0 Å². The van der Waals surface area contributed by atoms with Gasteiger partial charge in [-0.15, -0.1) is 6.58 Å². The van der Waals surface area contributed by atoms with Gasteiger partial charge in [-0.2, -0.15) is 15.4 Å². The van der Waals surface area contributed by atoms with E-state index in [0.717, 1.165) is 33.8 Å². The van der Waals surface area contributed by atoms with Crippen LogP contribution in [0.5, 0.6) is 0 Å². The molecule has 2 heterocycles. The summed E-state index contributed by atoms with van der Waals surface area (Å²) in [7, 11) is 0. The first-order valence-corrected chi connectivity index (χ1v) is 12.2. The van der Waals surface area contributed by atoms with Gasteiger partial charge in [-0.25, -0.2) is 0 Å². The second-order valence-corrected chi connectivity index (χ2v) is 8.28. The Balaban J connectivity index is 0.000000885. The highest BCUT2D eigenvalue weighted by Gasteiger charge is 2.27. The van der Waals surface area contributed by atoms with Crippen molar-refractivity contribution in [2.45, 2.75) is 67.9 Å². The Morgan fingerprint density at radius 1 is 1.09 bits per heavy atom. The fraction of sp³-hybridized carbons (Fsp3) is 0.414. The Bertz CT molecular complexity index is 1070. The normalized spacial score (nSPS) is 11.4. The molecule has 0 saturated heterocycles. The quantitative estimate of drug-likeness (QED) is 0.377. The van der Waals surface area contributed by atoms with Crippen LogP contribution in [0.25, 0.3) is 22.5 Å².